The minimum Gasteiger partial charge on any atom is -0.295 e. The van der Waals surface area contributed by atoms with Crippen LogP contribution in [0.3, 0.4) is 0 Å². The zero-order valence-electron chi connectivity index (χ0n) is 12.4. The molecule has 1 saturated heterocycles. The summed E-state index contributed by atoms with van der Waals surface area (Å²) in [5, 5.41) is 0. The number of alkyl halides is 2. The average molecular weight is 441 g/mol. The molecule has 6 atom stereocenters. The molecule has 0 N–H and O–H groups in total. The number of Topliss-reactive ketones (excluding diaryl/α,β-unsaturated/α-hetero) is 1. The first kappa shape index (κ1) is 15.5. The number of carbonyl (C=O) groups excluding carboxylic acids is 3. The molecular weight excluding hydrogens is 426 g/mol. The van der Waals surface area contributed by atoms with Crippen LogP contribution in [0.4, 0.5) is 5.69 Å². The number of imide groups is 1. The summed E-state index contributed by atoms with van der Waals surface area (Å²) in [4.78, 5) is 39.1. The summed E-state index contributed by atoms with van der Waals surface area (Å²) in [5.74, 6) is -0.363. The molecule has 6 heteroatoms. The molecule has 0 unspecified atom stereocenters. The molecule has 1 heterocycles. The summed E-state index contributed by atoms with van der Waals surface area (Å²) in [7, 11) is 0. The maximum Gasteiger partial charge on any atom is 0.238 e. The summed E-state index contributed by atoms with van der Waals surface area (Å²) in [6, 6.07) is 6.78. The number of amides is 2. The van der Waals surface area contributed by atoms with Gasteiger partial charge in [-0.15, -0.1) is 0 Å². The van der Waals surface area contributed by atoms with Gasteiger partial charge in [-0.3, -0.25) is 19.3 Å². The van der Waals surface area contributed by atoms with E-state index in [0.717, 1.165) is 6.42 Å². The fourth-order valence-corrected chi connectivity index (χ4v) is 6.34. The van der Waals surface area contributed by atoms with Crippen LogP contribution in [0.5, 0.6) is 0 Å². The molecule has 0 spiro atoms. The van der Waals surface area contributed by atoms with Crippen LogP contribution in [0.25, 0.3) is 0 Å². The second kappa shape index (κ2) is 5.24. The van der Waals surface area contributed by atoms with Gasteiger partial charge >= 0.3 is 0 Å². The third-order valence-electron chi connectivity index (χ3n) is 5.50. The lowest BCUT2D eigenvalue weighted by atomic mass is 9.81. The number of benzene rings is 1. The van der Waals surface area contributed by atoms with Crippen LogP contribution in [0.2, 0.25) is 0 Å². The van der Waals surface area contributed by atoms with Gasteiger partial charge in [0.25, 0.3) is 0 Å². The highest BCUT2D eigenvalue weighted by Crippen LogP contribution is 2.60. The Labute approximate surface area is 150 Å². The molecule has 4 rings (SSSR count). The predicted molar refractivity (Wildman–Crippen MR) is 92.9 cm³/mol. The van der Waals surface area contributed by atoms with Crippen molar-refractivity contribution in [3.63, 3.8) is 0 Å². The largest absolute Gasteiger partial charge is 0.295 e. The van der Waals surface area contributed by atoms with E-state index in [-0.39, 0.29) is 50.9 Å². The molecule has 2 bridgehead atoms. The van der Waals surface area contributed by atoms with E-state index in [1.165, 1.54) is 11.8 Å². The minimum absolute atomic E-state index is 0.0766. The molecule has 2 amide bonds. The highest BCUT2D eigenvalue weighted by molar-refractivity contribution is 9.12. The van der Waals surface area contributed by atoms with Crippen LogP contribution in [-0.2, 0) is 9.59 Å². The second-order valence-electron chi connectivity index (χ2n) is 6.62. The summed E-state index contributed by atoms with van der Waals surface area (Å²) in [5.41, 5.74) is 1.03. The lowest BCUT2D eigenvalue weighted by Crippen LogP contribution is -2.37. The van der Waals surface area contributed by atoms with Crippen molar-refractivity contribution in [1.82, 2.24) is 0 Å². The highest BCUT2D eigenvalue weighted by Gasteiger charge is 2.66. The zero-order chi connectivity index (χ0) is 16.5. The quantitative estimate of drug-likeness (QED) is 0.403. The van der Waals surface area contributed by atoms with Gasteiger partial charge in [0, 0.05) is 15.2 Å². The Morgan fingerprint density at radius 3 is 2.17 bits per heavy atom. The maximum absolute atomic E-state index is 12.9. The standard InChI is InChI=1S/C17H15Br2NO3/c1-7(21)8-3-2-4-9(5-8)20-16(22)12-10-6-11(13(12)17(20)23)15(19)14(10)18/h2-5,10-15H,6H2,1H3/t10-,11+,12+,13-,14+,15-. The zero-order valence-corrected chi connectivity index (χ0v) is 15.6. The van der Waals surface area contributed by atoms with Gasteiger partial charge in [-0.05, 0) is 37.3 Å². The minimum atomic E-state index is -0.230. The van der Waals surface area contributed by atoms with Gasteiger partial charge in [0.15, 0.2) is 5.78 Å². The lowest BCUT2D eigenvalue weighted by Gasteiger charge is -2.28. The third-order valence-corrected chi connectivity index (χ3v) is 8.70. The van der Waals surface area contributed by atoms with E-state index in [9.17, 15) is 14.4 Å². The van der Waals surface area contributed by atoms with Crippen molar-refractivity contribution in [2.75, 3.05) is 4.90 Å². The van der Waals surface area contributed by atoms with E-state index < -0.39 is 0 Å². The van der Waals surface area contributed by atoms with Gasteiger partial charge in [-0.1, -0.05) is 44.0 Å². The fraction of sp³-hybridized carbons (Fsp3) is 0.471. The van der Waals surface area contributed by atoms with Gasteiger partial charge < -0.3 is 0 Å². The molecule has 23 heavy (non-hydrogen) atoms. The van der Waals surface area contributed by atoms with Crippen molar-refractivity contribution in [3.05, 3.63) is 29.8 Å². The number of fused-ring (bicyclic) bond motifs is 5. The Morgan fingerprint density at radius 2 is 1.65 bits per heavy atom. The number of hydrogen-bond acceptors (Lipinski definition) is 3. The van der Waals surface area contributed by atoms with E-state index >= 15 is 0 Å². The lowest BCUT2D eigenvalue weighted by molar-refractivity contribution is -0.123. The van der Waals surface area contributed by atoms with Crippen molar-refractivity contribution < 1.29 is 14.4 Å². The Balaban J connectivity index is 1.73. The van der Waals surface area contributed by atoms with Gasteiger partial charge in [-0.2, -0.15) is 0 Å². The van der Waals surface area contributed by atoms with E-state index in [2.05, 4.69) is 31.9 Å². The van der Waals surface area contributed by atoms with E-state index in [1.54, 1.807) is 24.3 Å². The Bertz CT molecular complexity index is 702. The van der Waals surface area contributed by atoms with Crippen LogP contribution in [0.15, 0.2) is 24.3 Å². The Hall–Kier alpha value is -1.01. The van der Waals surface area contributed by atoms with E-state index in [1.807, 2.05) is 0 Å². The van der Waals surface area contributed by atoms with Gasteiger partial charge in [0.05, 0.1) is 17.5 Å². The van der Waals surface area contributed by atoms with E-state index in [4.69, 9.17) is 0 Å². The van der Waals surface area contributed by atoms with Crippen molar-refractivity contribution in [3.8, 4) is 0 Å². The number of nitrogens with zero attached hydrogens (tertiary/aromatic N) is 1. The molecule has 0 aromatic heterocycles. The molecule has 3 fully saturated rings. The molecule has 1 aliphatic heterocycles. The molecular formula is C17H15Br2NO3. The SMILES string of the molecule is CC(=O)c1cccc(N2C(=O)[C@@H]3[C@@H]4C[C@@H]([C@H](Br)[C@@H]4Br)[C@@H]3C2=O)c1. The second-order valence-corrected chi connectivity index (χ2v) is 8.74. The molecule has 1 aromatic carbocycles. The molecule has 2 aliphatic carbocycles. The first-order valence-corrected chi connectivity index (χ1v) is 9.52. The number of rotatable bonds is 2. The van der Waals surface area contributed by atoms with Gasteiger partial charge in [0.1, 0.15) is 0 Å². The summed E-state index contributed by atoms with van der Waals surface area (Å²) in [6.45, 7) is 1.48. The summed E-state index contributed by atoms with van der Waals surface area (Å²) >= 11 is 7.36. The first-order valence-electron chi connectivity index (χ1n) is 7.68. The monoisotopic (exact) mass is 439 g/mol. The molecule has 120 valence electrons. The van der Waals surface area contributed by atoms with Crippen molar-refractivity contribution >= 4 is 55.1 Å². The van der Waals surface area contributed by atoms with Crippen molar-refractivity contribution in [2.24, 2.45) is 23.7 Å². The molecule has 2 saturated carbocycles. The number of hydrogen-bond donors (Lipinski definition) is 0. The topological polar surface area (TPSA) is 54.5 Å². The smallest absolute Gasteiger partial charge is 0.238 e. The van der Waals surface area contributed by atoms with Crippen LogP contribution in [-0.4, -0.2) is 27.3 Å². The number of anilines is 1. The average Bonchev–Trinajstić information content (AvgIpc) is 3.12. The fourth-order valence-electron chi connectivity index (χ4n) is 4.47. The Kier molecular flexibility index (Phi) is 3.54. The molecule has 3 aliphatic rings. The maximum atomic E-state index is 12.9. The third kappa shape index (κ3) is 2.03. The Morgan fingerprint density at radius 1 is 1.09 bits per heavy atom. The molecule has 0 radical (unpaired) electrons. The van der Waals surface area contributed by atoms with Gasteiger partial charge in [-0.25, -0.2) is 0 Å². The highest BCUT2D eigenvalue weighted by atomic mass is 79.9. The molecule has 4 nitrogen and oxygen atoms in total. The number of halogens is 2. The first-order chi connectivity index (χ1) is 10.9. The van der Waals surface area contributed by atoms with Gasteiger partial charge in [0.2, 0.25) is 11.8 Å². The van der Waals surface area contributed by atoms with Crippen LogP contribution in [0.1, 0.15) is 23.7 Å². The normalized spacial score (nSPS) is 38.3. The van der Waals surface area contributed by atoms with Crippen LogP contribution < -0.4 is 4.90 Å². The van der Waals surface area contributed by atoms with Crippen molar-refractivity contribution in [2.45, 2.75) is 23.0 Å². The number of carbonyl (C=O) groups is 3. The summed E-state index contributed by atoms with van der Waals surface area (Å²) < 4.78 is 0. The predicted octanol–water partition coefficient (Wildman–Crippen LogP) is 3.17. The van der Waals surface area contributed by atoms with Crippen LogP contribution in [0, 0.1) is 23.7 Å². The van der Waals surface area contributed by atoms with Crippen LogP contribution >= 0.6 is 31.9 Å². The molecule has 1 aromatic rings. The van der Waals surface area contributed by atoms with E-state index in [0.29, 0.717) is 11.3 Å². The van der Waals surface area contributed by atoms with Crippen molar-refractivity contribution in [1.29, 1.82) is 0 Å². The summed E-state index contributed by atoms with van der Waals surface area (Å²) in [6.07, 6.45) is 0.917. The number of ketones is 1.